The lowest BCUT2D eigenvalue weighted by molar-refractivity contribution is 0.858. The van der Waals surface area contributed by atoms with Gasteiger partial charge in [-0.1, -0.05) is 6.92 Å². The molecule has 0 saturated carbocycles. The molecular weight excluding hydrogens is 195 g/mol. The van der Waals surface area contributed by atoms with Crippen molar-refractivity contribution in [2.75, 3.05) is 5.88 Å². The SMILES string of the molecule is CC(C#N)CCl.CCC(Cl)C#N. The van der Waals surface area contributed by atoms with Gasteiger partial charge in [-0.25, -0.2) is 0 Å². The van der Waals surface area contributed by atoms with E-state index in [0.717, 1.165) is 6.42 Å². The highest BCUT2D eigenvalue weighted by atomic mass is 35.5. The summed E-state index contributed by atoms with van der Waals surface area (Å²) >= 11 is 10.5. The fourth-order valence-electron chi connectivity index (χ4n) is 0.126. The topological polar surface area (TPSA) is 47.6 Å². The van der Waals surface area contributed by atoms with Gasteiger partial charge in [0.25, 0.3) is 0 Å². The third-order valence-corrected chi connectivity index (χ3v) is 1.82. The van der Waals surface area contributed by atoms with Gasteiger partial charge in [-0.2, -0.15) is 10.5 Å². The van der Waals surface area contributed by atoms with E-state index < -0.39 is 0 Å². The summed E-state index contributed by atoms with van der Waals surface area (Å²) in [4.78, 5) is 0. The highest BCUT2D eigenvalue weighted by molar-refractivity contribution is 6.22. The lowest BCUT2D eigenvalue weighted by atomic mass is 10.3. The van der Waals surface area contributed by atoms with Crippen LogP contribution in [0.4, 0.5) is 0 Å². The lowest BCUT2D eigenvalue weighted by Gasteiger charge is -1.85. The molecule has 0 aliphatic rings. The summed E-state index contributed by atoms with van der Waals surface area (Å²) < 4.78 is 0. The van der Waals surface area contributed by atoms with Crippen LogP contribution in [0.1, 0.15) is 20.3 Å². The maximum atomic E-state index is 8.00. The van der Waals surface area contributed by atoms with Gasteiger partial charge in [-0.05, 0) is 13.3 Å². The maximum Gasteiger partial charge on any atom is 0.120 e. The van der Waals surface area contributed by atoms with Crippen LogP contribution >= 0.6 is 23.2 Å². The molecule has 12 heavy (non-hydrogen) atoms. The Bertz CT molecular complexity index is 149. The van der Waals surface area contributed by atoms with Crippen molar-refractivity contribution in [1.82, 2.24) is 0 Å². The molecule has 0 spiro atoms. The Kier molecular flexibility index (Phi) is 12.4. The average Bonchev–Trinajstić information content (AvgIpc) is 2.16. The predicted octanol–water partition coefficient (Wildman–Crippen LogP) is 2.91. The highest BCUT2D eigenvalue weighted by Crippen LogP contribution is 1.95. The van der Waals surface area contributed by atoms with Crippen LogP contribution in [-0.2, 0) is 0 Å². The minimum Gasteiger partial charge on any atom is -0.198 e. The molecule has 0 heterocycles. The van der Waals surface area contributed by atoms with Crippen molar-refractivity contribution < 1.29 is 0 Å². The van der Waals surface area contributed by atoms with E-state index in [-0.39, 0.29) is 11.3 Å². The molecule has 0 bridgehead atoms. The number of hydrogen-bond donors (Lipinski definition) is 0. The van der Waals surface area contributed by atoms with Crippen LogP contribution in [-0.4, -0.2) is 11.3 Å². The Hall–Kier alpha value is -0.440. The van der Waals surface area contributed by atoms with Crippen molar-refractivity contribution in [1.29, 1.82) is 10.5 Å². The van der Waals surface area contributed by atoms with E-state index in [1.165, 1.54) is 0 Å². The molecule has 68 valence electrons. The normalized spacial score (nSPS) is 12.8. The first-order valence-electron chi connectivity index (χ1n) is 3.61. The van der Waals surface area contributed by atoms with Crippen molar-refractivity contribution in [3.63, 3.8) is 0 Å². The van der Waals surface area contributed by atoms with Crippen LogP contribution in [0.3, 0.4) is 0 Å². The van der Waals surface area contributed by atoms with Gasteiger partial charge in [0.1, 0.15) is 5.38 Å². The van der Waals surface area contributed by atoms with E-state index in [0.29, 0.717) is 5.88 Å². The minimum absolute atomic E-state index is 0.00617. The molecule has 0 fully saturated rings. The summed E-state index contributed by atoms with van der Waals surface area (Å²) in [6, 6.07) is 3.86. The molecule has 2 unspecified atom stereocenters. The van der Waals surface area contributed by atoms with E-state index in [9.17, 15) is 0 Å². The van der Waals surface area contributed by atoms with Gasteiger partial charge >= 0.3 is 0 Å². The van der Waals surface area contributed by atoms with Crippen molar-refractivity contribution in [2.45, 2.75) is 25.6 Å². The maximum absolute atomic E-state index is 8.00. The van der Waals surface area contributed by atoms with E-state index >= 15 is 0 Å². The van der Waals surface area contributed by atoms with Crippen molar-refractivity contribution in [3.8, 4) is 12.1 Å². The quantitative estimate of drug-likeness (QED) is 0.653. The van der Waals surface area contributed by atoms with E-state index in [1.54, 1.807) is 6.92 Å². The smallest absolute Gasteiger partial charge is 0.120 e. The molecule has 0 aromatic heterocycles. The van der Waals surface area contributed by atoms with Gasteiger partial charge in [0, 0.05) is 5.88 Å². The van der Waals surface area contributed by atoms with Crippen molar-refractivity contribution in [3.05, 3.63) is 0 Å². The largest absolute Gasteiger partial charge is 0.198 e. The zero-order valence-electron chi connectivity index (χ0n) is 7.22. The molecule has 0 rings (SSSR count). The molecule has 0 aliphatic heterocycles. The Labute approximate surface area is 83.7 Å². The fraction of sp³-hybridized carbons (Fsp3) is 0.750. The first kappa shape index (κ1) is 14.1. The van der Waals surface area contributed by atoms with Gasteiger partial charge in [0.05, 0.1) is 18.1 Å². The first-order chi connectivity index (χ1) is 5.62. The lowest BCUT2D eigenvalue weighted by Crippen LogP contribution is -1.87. The van der Waals surface area contributed by atoms with Gasteiger partial charge in [0.2, 0.25) is 0 Å². The zero-order chi connectivity index (χ0) is 9.98. The van der Waals surface area contributed by atoms with Crippen LogP contribution in [0.15, 0.2) is 0 Å². The molecule has 0 aromatic rings. The summed E-state index contributed by atoms with van der Waals surface area (Å²) in [6.07, 6.45) is 0.734. The van der Waals surface area contributed by atoms with Gasteiger partial charge in [-0.15, -0.1) is 23.2 Å². The van der Waals surface area contributed by atoms with Gasteiger partial charge in [-0.3, -0.25) is 0 Å². The predicted molar refractivity (Wildman–Crippen MR) is 51.0 cm³/mol. The monoisotopic (exact) mass is 206 g/mol. The summed E-state index contributed by atoms with van der Waals surface area (Å²) in [5.74, 6) is 0.447. The van der Waals surface area contributed by atoms with Crippen LogP contribution in [0.2, 0.25) is 0 Å². The number of nitrogens with zero attached hydrogens (tertiary/aromatic N) is 2. The molecule has 0 N–H and O–H groups in total. The molecular formula is C8H12Cl2N2. The molecule has 4 heteroatoms. The van der Waals surface area contributed by atoms with Crippen LogP contribution < -0.4 is 0 Å². The Morgan fingerprint density at radius 3 is 1.83 bits per heavy atom. The zero-order valence-corrected chi connectivity index (χ0v) is 8.73. The fourth-order valence-corrected chi connectivity index (χ4v) is 0.195. The van der Waals surface area contributed by atoms with Crippen molar-refractivity contribution >= 4 is 23.2 Å². The molecule has 0 aromatic carbocycles. The molecule has 0 saturated heterocycles. The standard InChI is InChI=1S/2C4H6ClN/c1-4(2-5)3-6;1-2-4(5)3-6/h2*4H,2H2,1H3. The molecule has 0 aliphatic carbocycles. The van der Waals surface area contributed by atoms with Crippen LogP contribution in [0.25, 0.3) is 0 Å². The highest BCUT2D eigenvalue weighted by Gasteiger charge is 1.92. The number of halogens is 2. The number of hydrogen-bond acceptors (Lipinski definition) is 2. The van der Waals surface area contributed by atoms with Crippen LogP contribution in [0, 0.1) is 28.6 Å². The van der Waals surface area contributed by atoms with Gasteiger partial charge in [0.15, 0.2) is 0 Å². The Morgan fingerprint density at radius 1 is 1.33 bits per heavy atom. The summed E-state index contributed by atoms with van der Waals surface area (Å²) in [7, 11) is 0. The second-order valence-corrected chi connectivity index (χ2v) is 3.02. The molecule has 0 radical (unpaired) electrons. The third kappa shape index (κ3) is 12.3. The van der Waals surface area contributed by atoms with E-state index in [2.05, 4.69) is 0 Å². The van der Waals surface area contributed by atoms with Crippen molar-refractivity contribution in [2.24, 2.45) is 5.92 Å². The third-order valence-electron chi connectivity index (χ3n) is 0.950. The number of alkyl halides is 2. The summed E-state index contributed by atoms with van der Waals surface area (Å²) in [5, 5.41) is 15.7. The first-order valence-corrected chi connectivity index (χ1v) is 4.58. The van der Waals surface area contributed by atoms with Crippen LogP contribution in [0.5, 0.6) is 0 Å². The number of nitriles is 2. The molecule has 2 nitrogen and oxygen atoms in total. The second kappa shape index (κ2) is 10.6. The summed E-state index contributed by atoms with van der Waals surface area (Å²) in [5.41, 5.74) is 0. The van der Waals surface area contributed by atoms with Gasteiger partial charge < -0.3 is 0 Å². The molecule has 0 amide bonds. The minimum atomic E-state index is -0.287. The van der Waals surface area contributed by atoms with E-state index in [1.807, 2.05) is 19.1 Å². The van der Waals surface area contributed by atoms with E-state index in [4.69, 9.17) is 33.7 Å². The molecule has 2 atom stereocenters. The Balaban J connectivity index is 0. The number of rotatable bonds is 2. The second-order valence-electron chi connectivity index (χ2n) is 2.19. The average molecular weight is 207 g/mol. The Morgan fingerprint density at radius 2 is 1.83 bits per heavy atom. The summed E-state index contributed by atoms with van der Waals surface area (Å²) in [6.45, 7) is 3.66.